The molecule has 0 amide bonds. The zero-order valence-corrected chi connectivity index (χ0v) is 7.82. The molecule has 0 fully saturated rings. The lowest BCUT2D eigenvalue weighted by molar-refractivity contribution is -0.117. The normalized spacial score (nSPS) is 12.5. The Morgan fingerprint density at radius 1 is 1.38 bits per heavy atom. The van der Waals surface area contributed by atoms with Crippen LogP contribution in [0.2, 0.25) is 0 Å². The number of hydrogen-bond acceptors (Lipinski definition) is 2. The Hall–Kier alpha value is -1.06. The second-order valence-corrected chi connectivity index (χ2v) is 2.72. The lowest BCUT2D eigenvalue weighted by Crippen LogP contribution is -2.10. The van der Waals surface area contributed by atoms with E-state index in [1.807, 2.05) is 24.3 Å². The van der Waals surface area contributed by atoms with E-state index in [9.17, 15) is 5.11 Å². The van der Waals surface area contributed by atoms with Crippen LogP contribution in [0.25, 0.3) is 0 Å². The third kappa shape index (κ3) is 3.05. The van der Waals surface area contributed by atoms with Gasteiger partial charge >= 0.3 is 0 Å². The van der Waals surface area contributed by atoms with Gasteiger partial charge in [-0.2, -0.15) is 0 Å². The Balaban J connectivity index is 2.66. The molecular formula is C10H13O3. The molecule has 0 aliphatic heterocycles. The first-order valence-corrected chi connectivity index (χ1v) is 4.08. The van der Waals surface area contributed by atoms with Gasteiger partial charge in [0, 0.05) is 13.5 Å². The zero-order valence-electron chi connectivity index (χ0n) is 7.82. The van der Waals surface area contributed by atoms with E-state index in [1.54, 1.807) is 7.11 Å². The van der Waals surface area contributed by atoms with Gasteiger partial charge in [-0.05, 0) is 17.7 Å². The smallest absolute Gasteiger partial charge is 0.195 e. The minimum Gasteiger partial charge on any atom is -0.497 e. The summed E-state index contributed by atoms with van der Waals surface area (Å²) in [6.07, 6.45) is -0.625. The van der Waals surface area contributed by atoms with Crippen molar-refractivity contribution in [3.8, 4) is 5.75 Å². The predicted octanol–water partition coefficient (Wildman–Crippen LogP) is 1.64. The minimum atomic E-state index is -0.993. The first-order chi connectivity index (χ1) is 6.26. The first kappa shape index (κ1) is 10.0. The molecule has 71 valence electrons. The van der Waals surface area contributed by atoms with Gasteiger partial charge in [0.1, 0.15) is 5.75 Å². The average molecular weight is 181 g/mol. The van der Waals surface area contributed by atoms with E-state index in [0.29, 0.717) is 6.42 Å². The Labute approximate surface area is 77.9 Å². The highest BCUT2D eigenvalue weighted by atomic mass is 16.6. The maximum Gasteiger partial charge on any atom is 0.195 e. The topological polar surface area (TPSA) is 38.4 Å². The summed E-state index contributed by atoms with van der Waals surface area (Å²) in [7, 11) is 3.02. The molecule has 1 atom stereocenters. The van der Waals surface area contributed by atoms with Gasteiger partial charge < -0.3 is 9.47 Å². The Morgan fingerprint density at radius 3 is 2.77 bits per heavy atom. The molecule has 0 saturated carbocycles. The summed E-state index contributed by atoms with van der Waals surface area (Å²) in [6, 6.07) is 7.42. The van der Waals surface area contributed by atoms with Crippen LogP contribution in [-0.4, -0.2) is 20.5 Å². The fourth-order valence-corrected chi connectivity index (χ4v) is 1.08. The average Bonchev–Trinajstić information content (AvgIpc) is 2.18. The lowest BCUT2D eigenvalue weighted by Gasteiger charge is -2.07. The number of rotatable bonds is 4. The van der Waals surface area contributed by atoms with Crippen LogP contribution in [0.3, 0.4) is 0 Å². The molecule has 1 rings (SSSR count). The molecule has 0 heterocycles. The molecule has 1 aromatic rings. The number of benzene rings is 1. The quantitative estimate of drug-likeness (QED) is 0.662. The van der Waals surface area contributed by atoms with E-state index in [2.05, 4.69) is 4.74 Å². The highest BCUT2D eigenvalue weighted by Gasteiger charge is 2.05. The second-order valence-electron chi connectivity index (χ2n) is 2.72. The van der Waals surface area contributed by atoms with Gasteiger partial charge in [0.05, 0.1) is 7.11 Å². The largest absolute Gasteiger partial charge is 0.497 e. The Bertz CT molecular complexity index is 260. The van der Waals surface area contributed by atoms with Crippen LogP contribution in [0.1, 0.15) is 5.56 Å². The molecule has 3 nitrogen and oxygen atoms in total. The second kappa shape index (κ2) is 4.84. The minimum absolute atomic E-state index is 0.369. The Morgan fingerprint density at radius 2 is 2.15 bits per heavy atom. The van der Waals surface area contributed by atoms with E-state index < -0.39 is 6.29 Å². The van der Waals surface area contributed by atoms with Gasteiger partial charge in [0.25, 0.3) is 0 Å². The van der Waals surface area contributed by atoms with Crippen LogP contribution in [0.4, 0.5) is 0 Å². The third-order valence-corrected chi connectivity index (χ3v) is 1.80. The summed E-state index contributed by atoms with van der Waals surface area (Å²) < 4.78 is 9.66. The van der Waals surface area contributed by atoms with E-state index in [-0.39, 0.29) is 0 Å². The van der Waals surface area contributed by atoms with Crippen LogP contribution in [0.15, 0.2) is 24.3 Å². The SMILES string of the molecule is COc1cccc(CC([O])OC)c1. The number of methoxy groups -OCH3 is 2. The fraction of sp³-hybridized carbons (Fsp3) is 0.400. The highest BCUT2D eigenvalue weighted by Crippen LogP contribution is 2.14. The van der Waals surface area contributed by atoms with Crippen molar-refractivity contribution < 1.29 is 14.6 Å². The van der Waals surface area contributed by atoms with Crippen molar-refractivity contribution in [1.82, 2.24) is 0 Å². The Kier molecular flexibility index (Phi) is 3.73. The van der Waals surface area contributed by atoms with Crippen LogP contribution in [0, 0.1) is 0 Å². The van der Waals surface area contributed by atoms with Gasteiger partial charge in [0.15, 0.2) is 6.29 Å². The monoisotopic (exact) mass is 181 g/mol. The maximum atomic E-state index is 11.0. The lowest BCUT2D eigenvalue weighted by atomic mass is 10.1. The summed E-state index contributed by atoms with van der Waals surface area (Å²) in [5.74, 6) is 0.765. The van der Waals surface area contributed by atoms with Gasteiger partial charge in [0.2, 0.25) is 0 Å². The zero-order chi connectivity index (χ0) is 9.68. The van der Waals surface area contributed by atoms with Crippen molar-refractivity contribution in [1.29, 1.82) is 0 Å². The summed E-state index contributed by atoms with van der Waals surface area (Å²) in [5, 5.41) is 11.0. The van der Waals surface area contributed by atoms with Gasteiger partial charge in [-0.1, -0.05) is 12.1 Å². The molecule has 0 saturated heterocycles. The molecule has 13 heavy (non-hydrogen) atoms. The molecule has 0 aromatic heterocycles. The summed E-state index contributed by atoms with van der Waals surface area (Å²) in [4.78, 5) is 0. The molecular weight excluding hydrogens is 168 g/mol. The number of ether oxygens (including phenoxy) is 2. The van der Waals surface area contributed by atoms with E-state index in [4.69, 9.17) is 4.74 Å². The molecule has 0 bridgehead atoms. The summed E-state index contributed by atoms with van der Waals surface area (Å²) >= 11 is 0. The molecule has 3 heteroatoms. The van der Waals surface area contributed by atoms with Crippen molar-refractivity contribution in [3.05, 3.63) is 29.8 Å². The predicted molar refractivity (Wildman–Crippen MR) is 48.2 cm³/mol. The summed E-state index contributed by atoms with van der Waals surface area (Å²) in [6.45, 7) is 0. The van der Waals surface area contributed by atoms with Crippen molar-refractivity contribution in [2.45, 2.75) is 12.7 Å². The van der Waals surface area contributed by atoms with Gasteiger partial charge in [-0.15, -0.1) is 0 Å². The van der Waals surface area contributed by atoms with E-state index in [1.165, 1.54) is 7.11 Å². The summed E-state index contributed by atoms with van der Waals surface area (Å²) in [5.41, 5.74) is 0.932. The molecule has 1 radical (unpaired) electrons. The molecule has 1 unspecified atom stereocenters. The third-order valence-electron chi connectivity index (χ3n) is 1.80. The molecule has 0 aliphatic rings. The van der Waals surface area contributed by atoms with Crippen LogP contribution >= 0.6 is 0 Å². The fourth-order valence-electron chi connectivity index (χ4n) is 1.08. The van der Waals surface area contributed by atoms with Crippen LogP contribution < -0.4 is 4.74 Å². The van der Waals surface area contributed by atoms with Gasteiger partial charge in [-0.3, -0.25) is 0 Å². The van der Waals surface area contributed by atoms with Crippen LogP contribution in [0.5, 0.6) is 5.75 Å². The molecule has 0 aliphatic carbocycles. The van der Waals surface area contributed by atoms with Crippen molar-refractivity contribution in [2.24, 2.45) is 0 Å². The van der Waals surface area contributed by atoms with E-state index in [0.717, 1.165) is 11.3 Å². The first-order valence-electron chi connectivity index (χ1n) is 4.08. The van der Waals surface area contributed by atoms with E-state index >= 15 is 0 Å². The highest BCUT2D eigenvalue weighted by molar-refractivity contribution is 5.28. The van der Waals surface area contributed by atoms with Crippen molar-refractivity contribution >= 4 is 0 Å². The standard InChI is InChI=1S/C10H13O3/c1-12-9-5-3-4-8(6-9)7-10(11)13-2/h3-6,10H,7H2,1-2H3. The van der Waals surface area contributed by atoms with Crippen molar-refractivity contribution in [2.75, 3.05) is 14.2 Å². The molecule has 1 aromatic carbocycles. The molecule has 0 N–H and O–H groups in total. The van der Waals surface area contributed by atoms with Crippen molar-refractivity contribution in [3.63, 3.8) is 0 Å². The van der Waals surface area contributed by atoms with Gasteiger partial charge in [-0.25, -0.2) is 5.11 Å². The number of hydrogen-bond donors (Lipinski definition) is 0. The molecule has 0 spiro atoms. The van der Waals surface area contributed by atoms with Crippen LogP contribution in [-0.2, 0) is 16.3 Å². The maximum absolute atomic E-state index is 11.0.